The van der Waals surface area contributed by atoms with Gasteiger partial charge in [-0.25, -0.2) is 8.42 Å². The molecule has 2 heterocycles. The first kappa shape index (κ1) is 24.9. The van der Waals surface area contributed by atoms with Gasteiger partial charge in [-0.15, -0.1) is 24.0 Å². The molecule has 1 unspecified atom stereocenters. The molecule has 9 heteroatoms. The van der Waals surface area contributed by atoms with Gasteiger partial charge in [-0.2, -0.15) is 0 Å². The van der Waals surface area contributed by atoms with E-state index >= 15 is 0 Å². The van der Waals surface area contributed by atoms with Crippen molar-refractivity contribution < 1.29 is 8.42 Å². The van der Waals surface area contributed by atoms with Crippen LogP contribution in [0.4, 0.5) is 0 Å². The van der Waals surface area contributed by atoms with Crippen LogP contribution in [0.1, 0.15) is 27.7 Å². The molecule has 0 aromatic heterocycles. The van der Waals surface area contributed by atoms with Gasteiger partial charge in [0.2, 0.25) is 0 Å². The molecule has 2 aliphatic rings. The number of nitrogens with one attached hydrogen (secondary N) is 1. The highest BCUT2D eigenvalue weighted by Gasteiger charge is 2.41. The van der Waals surface area contributed by atoms with Crippen LogP contribution in [0.2, 0.25) is 0 Å². The molecule has 0 amide bonds. The van der Waals surface area contributed by atoms with Gasteiger partial charge in [-0.1, -0.05) is 6.92 Å². The Bertz CT molecular complexity index is 589. The number of sulfone groups is 1. The van der Waals surface area contributed by atoms with E-state index in [-0.39, 0.29) is 29.7 Å². The van der Waals surface area contributed by atoms with Crippen molar-refractivity contribution in [2.75, 3.05) is 71.7 Å². The summed E-state index contributed by atoms with van der Waals surface area (Å²) in [5.74, 6) is 1.52. The van der Waals surface area contributed by atoms with E-state index in [2.05, 4.69) is 40.9 Å². The zero-order valence-corrected chi connectivity index (χ0v) is 20.7. The molecular weight excluding hydrogens is 477 g/mol. The molecule has 0 radical (unpaired) electrons. The van der Waals surface area contributed by atoms with Crippen LogP contribution < -0.4 is 5.32 Å². The highest BCUT2D eigenvalue weighted by Crippen LogP contribution is 2.23. The Hall–Kier alpha value is -0.130. The summed E-state index contributed by atoms with van der Waals surface area (Å²) in [6, 6.07) is 0. The normalized spacial score (nSPS) is 24.9. The number of rotatable bonds is 5. The van der Waals surface area contributed by atoms with E-state index in [9.17, 15) is 8.42 Å². The first-order valence-corrected chi connectivity index (χ1v) is 11.5. The summed E-state index contributed by atoms with van der Waals surface area (Å²) in [5.41, 5.74) is 0. The lowest BCUT2D eigenvalue weighted by Crippen LogP contribution is -2.57. The van der Waals surface area contributed by atoms with Gasteiger partial charge in [0, 0.05) is 58.9 Å². The minimum Gasteiger partial charge on any atom is -0.357 e. The lowest BCUT2D eigenvalue weighted by atomic mass is 10.1. The molecule has 0 bridgehead atoms. The topological polar surface area (TPSA) is 68.2 Å². The SMILES string of the molecule is CCNC(=NCC(C)CN1CCN(C)CC1)N1CCS(=O)(=O)C(C)(C)C1.I. The fourth-order valence-corrected chi connectivity index (χ4v) is 4.89. The van der Waals surface area contributed by atoms with Crippen molar-refractivity contribution >= 4 is 39.8 Å². The van der Waals surface area contributed by atoms with E-state index < -0.39 is 14.6 Å². The Labute approximate surface area is 182 Å². The number of hydrogen-bond acceptors (Lipinski definition) is 5. The molecule has 27 heavy (non-hydrogen) atoms. The summed E-state index contributed by atoms with van der Waals surface area (Å²) in [6.07, 6.45) is 0. The molecule has 7 nitrogen and oxygen atoms in total. The standard InChI is InChI=1S/C18H37N5O2S.HI/c1-6-19-17(23-11-12-26(24,25)18(3,4)15-23)20-13-16(2)14-22-9-7-21(5)8-10-22;/h16H,6-15H2,1-5H3,(H,19,20);1H. The third-order valence-corrected chi connectivity index (χ3v) is 7.93. The van der Waals surface area contributed by atoms with Crippen LogP contribution in [0, 0.1) is 5.92 Å². The van der Waals surface area contributed by atoms with Crippen LogP contribution >= 0.6 is 24.0 Å². The molecule has 0 spiro atoms. The zero-order chi connectivity index (χ0) is 19.4. The van der Waals surface area contributed by atoms with Crippen molar-refractivity contribution in [1.82, 2.24) is 20.0 Å². The van der Waals surface area contributed by atoms with Gasteiger partial charge in [0.15, 0.2) is 15.8 Å². The van der Waals surface area contributed by atoms with Crippen molar-refractivity contribution in [2.45, 2.75) is 32.4 Å². The molecule has 1 atom stereocenters. The maximum absolute atomic E-state index is 12.2. The lowest BCUT2D eigenvalue weighted by Gasteiger charge is -2.39. The maximum Gasteiger partial charge on any atom is 0.194 e. The molecule has 0 saturated carbocycles. The summed E-state index contributed by atoms with van der Waals surface area (Å²) in [7, 11) is -0.858. The smallest absolute Gasteiger partial charge is 0.194 e. The van der Waals surface area contributed by atoms with Crippen LogP contribution in [-0.2, 0) is 9.84 Å². The molecular formula is C18H38IN5O2S. The molecule has 2 fully saturated rings. The van der Waals surface area contributed by atoms with Gasteiger partial charge in [0.1, 0.15) is 0 Å². The van der Waals surface area contributed by atoms with Crippen LogP contribution in [0.3, 0.4) is 0 Å². The zero-order valence-electron chi connectivity index (χ0n) is 17.6. The van der Waals surface area contributed by atoms with Gasteiger partial charge < -0.3 is 20.0 Å². The number of guanidine groups is 1. The second kappa shape index (κ2) is 10.6. The van der Waals surface area contributed by atoms with Gasteiger partial charge in [0.05, 0.1) is 10.5 Å². The predicted octanol–water partition coefficient (Wildman–Crippen LogP) is 0.962. The van der Waals surface area contributed by atoms with E-state index in [1.54, 1.807) is 0 Å². The Balaban J connectivity index is 0.00000364. The van der Waals surface area contributed by atoms with Gasteiger partial charge >= 0.3 is 0 Å². The number of aliphatic imine (C=N–C) groups is 1. The largest absolute Gasteiger partial charge is 0.357 e. The second-order valence-electron chi connectivity index (χ2n) is 8.40. The predicted molar refractivity (Wildman–Crippen MR) is 124 cm³/mol. The molecule has 1 N–H and O–H groups in total. The summed E-state index contributed by atoms with van der Waals surface area (Å²) in [6.45, 7) is 16.1. The summed E-state index contributed by atoms with van der Waals surface area (Å²) < 4.78 is 23.8. The summed E-state index contributed by atoms with van der Waals surface area (Å²) in [5, 5.41) is 3.34. The van der Waals surface area contributed by atoms with Gasteiger partial charge in [-0.3, -0.25) is 4.99 Å². The quantitative estimate of drug-likeness (QED) is 0.335. The fourth-order valence-electron chi connectivity index (χ4n) is 3.52. The van der Waals surface area contributed by atoms with E-state index in [1.165, 1.54) is 0 Å². The monoisotopic (exact) mass is 515 g/mol. The number of hydrogen-bond donors (Lipinski definition) is 1. The summed E-state index contributed by atoms with van der Waals surface area (Å²) in [4.78, 5) is 11.8. The second-order valence-corrected chi connectivity index (χ2v) is 11.1. The van der Waals surface area contributed by atoms with Crippen molar-refractivity contribution in [2.24, 2.45) is 10.9 Å². The number of piperazine rings is 1. The molecule has 2 saturated heterocycles. The third kappa shape index (κ3) is 7.01. The van der Waals surface area contributed by atoms with Crippen LogP contribution in [0.15, 0.2) is 4.99 Å². The summed E-state index contributed by atoms with van der Waals surface area (Å²) >= 11 is 0. The molecule has 2 rings (SSSR count). The Morgan fingerprint density at radius 3 is 2.37 bits per heavy atom. The van der Waals surface area contributed by atoms with Crippen molar-refractivity contribution in [3.63, 3.8) is 0 Å². The minimum absolute atomic E-state index is 0. The molecule has 160 valence electrons. The van der Waals surface area contributed by atoms with E-state index in [0.29, 0.717) is 19.0 Å². The number of nitrogens with zero attached hydrogens (tertiary/aromatic N) is 4. The van der Waals surface area contributed by atoms with Crippen LogP contribution in [-0.4, -0.2) is 106 Å². The molecule has 2 aliphatic heterocycles. The van der Waals surface area contributed by atoms with E-state index in [0.717, 1.165) is 51.8 Å². The third-order valence-electron chi connectivity index (χ3n) is 5.40. The highest BCUT2D eigenvalue weighted by molar-refractivity contribution is 14.0. The average molecular weight is 516 g/mol. The maximum atomic E-state index is 12.2. The lowest BCUT2D eigenvalue weighted by molar-refractivity contribution is 0.140. The van der Waals surface area contributed by atoms with Crippen LogP contribution in [0.25, 0.3) is 0 Å². The molecule has 0 aliphatic carbocycles. The Kier molecular flexibility index (Phi) is 9.77. The number of likely N-dealkylation sites (N-methyl/N-ethyl adjacent to an activating group) is 1. The van der Waals surface area contributed by atoms with E-state index in [1.807, 2.05) is 13.8 Å². The fraction of sp³-hybridized carbons (Fsp3) is 0.944. The first-order valence-electron chi connectivity index (χ1n) is 9.81. The van der Waals surface area contributed by atoms with Crippen molar-refractivity contribution in [1.29, 1.82) is 0 Å². The van der Waals surface area contributed by atoms with E-state index in [4.69, 9.17) is 4.99 Å². The van der Waals surface area contributed by atoms with Crippen molar-refractivity contribution in [3.8, 4) is 0 Å². The van der Waals surface area contributed by atoms with Crippen LogP contribution in [0.5, 0.6) is 0 Å². The molecule has 0 aromatic rings. The average Bonchev–Trinajstić information content (AvgIpc) is 2.56. The molecule has 0 aromatic carbocycles. The minimum atomic E-state index is -3.03. The van der Waals surface area contributed by atoms with Gasteiger partial charge in [0.25, 0.3) is 0 Å². The Morgan fingerprint density at radius 1 is 1.19 bits per heavy atom. The number of halogens is 1. The first-order chi connectivity index (χ1) is 12.1. The van der Waals surface area contributed by atoms with Gasteiger partial charge in [-0.05, 0) is 33.7 Å². The van der Waals surface area contributed by atoms with Crippen molar-refractivity contribution in [3.05, 3.63) is 0 Å². The Morgan fingerprint density at radius 2 is 1.81 bits per heavy atom. The highest BCUT2D eigenvalue weighted by atomic mass is 127.